The normalized spacial score (nSPS) is 15.5. The Balaban J connectivity index is 1.09. The Bertz CT molecular complexity index is 1760. The Hall–Kier alpha value is -4.42. The Morgan fingerprint density at radius 1 is 1.04 bits per heavy atom. The number of sulfonamides is 1. The number of rotatable bonds is 12. The van der Waals surface area contributed by atoms with Crippen molar-refractivity contribution in [3.63, 3.8) is 0 Å². The van der Waals surface area contributed by atoms with Gasteiger partial charge in [-0.25, -0.2) is 18.0 Å². The number of hydrogen-bond donors (Lipinski definition) is 4. The van der Waals surface area contributed by atoms with E-state index in [9.17, 15) is 23.1 Å². The molecule has 1 aliphatic heterocycles. The summed E-state index contributed by atoms with van der Waals surface area (Å²) in [7, 11) is -3.93. The number of amides is 1. The van der Waals surface area contributed by atoms with Gasteiger partial charge in [0.2, 0.25) is 0 Å². The lowest BCUT2D eigenvalue weighted by Gasteiger charge is -2.19. The Kier molecular flexibility index (Phi) is 9.41. The van der Waals surface area contributed by atoms with Crippen molar-refractivity contribution in [2.45, 2.75) is 76.3 Å². The molecule has 2 aliphatic rings. The summed E-state index contributed by atoms with van der Waals surface area (Å²) < 4.78 is 38.0. The Morgan fingerprint density at radius 2 is 1.67 bits per heavy atom. The van der Waals surface area contributed by atoms with E-state index in [2.05, 4.69) is 20.6 Å². The number of fused-ring (bicyclic) bond motifs is 4. The first-order valence-electron chi connectivity index (χ1n) is 15.2. The smallest absolute Gasteiger partial charge is 0.407 e. The third-order valence-electron chi connectivity index (χ3n) is 8.62. The van der Waals surface area contributed by atoms with Crippen LogP contribution in [0.1, 0.15) is 66.0 Å². The maximum absolute atomic E-state index is 13.2. The number of benzene rings is 3. The van der Waals surface area contributed by atoms with Gasteiger partial charge >= 0.3 is 12.1 Å². The fraction of sp³-hybridized carbons (Fsp3) is 0.382. The van der Waals surface area contributed by atoms with Crippen molar-refractivity contribution in [2.75, 3.05) is 13.2 Å². The number of aliphatic carboxylic acids is 1. The molecule has 244 valence electrons. The predicted octanol–water partition coefficient (Wildman–Crippen LogP) is 4.91. The fourth-order valence-corrected chi connectivity index (χ4v) is 7.73. The molecule has 1 atom stereocenters. The number of aliphatic imine (C=N–C) groups is 1. The highest BCUT2D eigenvalue weighted by Gasteiger charge is 2.36. The first kappa shape index (κ1) is 33.0. The van der Waals surface area contributed by atoms with Crippen molar-refractivity contribution in [1.29, 1.82) is 0 Å². The van der Waals surface area contributed by atoms with Gasteiger partial charge in [0, 0.05) is 24.4 Å². The second-order valence-electron chi connectivity index (χ2n) is 12.3. The monoisotopic (exact) mass is 648 g/mol. The number of carbonyl (C=O) groups is 2. The lowest BCUT2D eigenvalue weighted by atomic mass is 9.94. The first-order valence-corrected chi connectivity index (χ1v) is 16.7. The molecule has 3 aromatic carbocycles. The van der Waals surface area contributed by atoms with Crippen molar-refractivity contribution in [3.8, 4) is 16.9 Å². The number of nitrogens with zero attached hydrogens (tertiary/aromatic N) is 1. The Labute approximate surface area is 269 Å². The minimum Gasteiger partial charge on any atom is -0.487 e. The van der Waals surface area contributed by atoms with Gasteiger partial charge in [-0.3, -0.25) is 10.4 Å². The second-order valence-corrected chi connectivity index (χ2v) is 14.0. The van der Waals surface area contributed by atoms with Crippen LogP contribution in [0, 0.1) is 20.8 Å². The van der Waals surface area contributed by atoms with Gasteiger partial charge in [-0.2, -0.15) is 0 Å². The van der Waals surface area contributed by atoms with Gasteiger partial charge in [-0.05, 0) is 86.4 Å². The first-order chi connectivity index (χ1) is 21.8. The standard InChI is InChI=1S/C34H40N4O7S/c1-20-21(2)31(22(3)27-17-34(4,5)45-30(20)27)46(42,43)38-36-19-35-16-10-15-29(32(39)40)37-33(41)44-18-28-25-13-8-6-11-23(25)24-12-7-9-14-26(24)28/h6-9,11-14,19,28-29,38H,10,15-18H2,1-5H3,(H,35,36)(H,37,41)(H,39,40). The lowest BCUT2D eigenvalue weighted by Crippen LogP contribution is -2.41. The molecule has 1 unspecified atom stereocenters. The molecule has 11 nitrogen and oxygen atoms in total. The van der Waals surface area contributed by atoms with Gasteiger partial charge in [0.05, 0.1) is 11.2 Å². The van der Waals surface area contributed by atoms with Crippen molar-refractivity contribution >= 4 is 28.4 Å². The molecule has 0 saturated heterocycles. The van der Waals surface area contributed by atoms with Crippen LogP contribution in [0.15, 0.2) is 58.4 Å². The zero-order valence-corrected chi connectivity index (χ0v) is 27.5. The third-order valence-corrected chi connectivity index (χ3v) is 10.2. The molecule has 0 radical (unpaired) electrons. The molecular formula is C34H40N4O7S. The zero-order chi connectivity index (χ0) is 33.2. The van der Waals surface area contributed by atoms with Gasteiger partial charge in [0.1, 0.15) is 24.0 Å². The molecule has 12 heteroatoms. The van der Waals surface area contributed by atoms with Gasteiger partial charge < -0.3 is 19.9 Å². The molecule has 1 aliphatic carbocycles. The topological polar surface area (TPSA) is 155 Å². The number of carboxylic acids is 1. The van der Waals surface area contributed by atoms with E-state index in [-0.39, 0.29) is 30.4 Å². The minimum atomic E-state index is -3.93. The summed E-state index contributed by atoms with van der Waals surface area (Å²) in [6.45, 7) is 9.63. The number of alkyl carbamates (subject to hydrolysis) is 1. The predicted molar refractivity (Wildman–Crippen MR) is 175 cm³/mol. The summed E-state index contributed by atoms with van der Waals surface area (Å²) in [5.74, 6) is -0.574. The lowest BCUT2D eigenvalue weighted by molar-refractivity contribution is -0.139. The number of nitrogens with one attached hydrogen (secondary N) is 3. The van der Waals surface area contributed by atoms with Crippen LogP contribution in [0.25, 0.3) is 11.1 Å². The van der Waals surface area contributed by atoms with Crippen molar-refractivity contribution in [2.24, 2.45) is 4.99 Å². The molecule has 5 rings (SSSR count). The summed E-state index contributed by atoms with van der Waals surface area (Å²) >= 11 is 0. The van der Waals surface area contributed by atoms with Crippen molar-refractivity contribution in [3.05, 3.63) is 81.9 Å². The molecule has 0 spiro atoms. The molecule has 0 bridgehead atoms. The fourth-order valence-electron chi connectivity index (χ4n) is 6.34. The molecule has 0 saturated carbocycles. The summed E-state index contributed by atoms with van der Waals surface area (Å²) in [5.41, 5.74) is 9.38. The minimum absolute atomic E-state index is 0.0773. The molecule has 0 aromatic heterocycles. The van der Waals surface area contributed by atoms with Crippen LogP contribution < -0.4 is 20.3 Å². The SMILES string of the molecule is Cc1c(C)c(S(=O)(=O)NNC=NCCCC(NC(=O)OCC2c3ccccc3-c3ccccc32)C(=O)O)c(C)c2c1OC(C)(C)C2. The molecular weight excluding hydrogens is 608 g/mol. The van der Waals surface area contributed by atoms with Crippen LogP contribution >= 0.6 is 0 Å². The van der Waals surface area contributed by atoms with E-state index in [4.69, 9.17) is 9.47 Å². The van der Waals surface area contributed by atoms with E-state index in [0.29, 0.717) is 24.0 Å². The Morgan fingerprint density at radius 3 is 2.30 bits per heavy atom. The number of carbonyl (C=O) groups excluding carboxylic acids is 1. The highest BCUT2D eigenvalue weighted by Crippen LogP contribution is 2.45. The average molecular weight is 649 g/mol. The highest BCUT2D eigenvalue weighted by molar-refractivity contribution is 7.89. The van der Waals surface area contributed by atoms with Crippen LogP contribution in [0.2, 0.25) is 0 Å². The van der Waals surface area contributed by atoms with Crippen LogP contribution in [-0.2, 0) is 26.0 Å². The van der Waals surface area contributed by atoms with Crippen LogP contribution in [-0.4, -0.2) is 56.7 Å². The molecule has 1 amide bonds. The molecule has 4 N–H and O–H groups in total. The quantitative estimate of drug-likeness (QED) is 0.0935. The summed E-state index contributed by atoms with van der Waals surface area (Å²) in [4.78, 5) is 31.1. The van der Waals surface area contributed by atoms with Gasteiger partial charge in [0.15, 0.2) is 0 Å². The van der Waals surface area contributed by atoms with Gasteiger partial charge in [0.25, 0.3) is 10.0 Å². The summed E-state index contributed by atoms with van der Waals surface area (Å²) in [6.07, 6.45) is 1.44. The van der Waals surface area contributed by atoms with Crippen molar-refractivity contribution < 1.29 is 32.6 Å². The van der Waals surface area contributed by atoms with E-state index >= 15 is 0 Å². The largest absolute Gasteiger partial charge is 0.487 e. The highest BCUT2D eigenvalue weighted by atomic mass is 32.2. The number of hydrazine groups is 1. The molecule has 1 heterocycles. The van der Waals surface area contributed by atoms with Gasteiger partial charge in [-0.15, -0.1) is 4.83 Å². The van der Waals surface area contributed by atoms with Crippen molar-refractivity contribution in [1.82, 2.24) is 15.6 Å². The van der Waals surface area contributed by atoms with E-state index in [1.54, 1.807) is 13.8 Å². The van der Waals surface area contributed by atoms with E-state index in [1.165, 1.54) is 6.34 Å². The summed E-state index contributed by atoms with van der Waals surface area (Å²) in [6, 6.07) is 14.7. The van der Waals surface area contributed by atoms with Crippen LogP contribution in [0.5, 0.6) is 5.75 Å². The summed E-state index contributed by atoms with van der Waals surface area (Å²) in [5, 5.41) is 12.1. The molecule has 0 fully saturated rings. The molecule has 3 aromatic rings. The van der Waals surface area contributed by atoms with E-state index < -0.39 is 33.7 Å². The average Bonchev–Trinajstić information content (AvgIpc) is 3.51. The van der Waals surface area contributed by atoms with Crippen LogP contribution in [0.3, 0.4) is 0 Å². The third kappa shape index (κ3) is 6.73. The number of ether oxygens (including phenoxy) is 2. The maximum atomic E-state index is 13.2. The van der Waals surface area contributed by atoms with E-state index in [0.717, 1.165) is 39.1 Å². The maximum Gasteiger partial charge on any atom is 0.407 e. The van der Waals surface area contributed by atoms with Crippen LogP contribution in [0.4, 0.5) is 4.79 Å². The van der Waals surface area contributed by atoms with Gasteiger partial charge in [-0.1, -0.05) is 48.5 Å². The molecule has 46 heavy (non-hydrogen) atoms. The number of hydrogen-bond acceptors (Lipinski definition) is 7. The number of carboxylic acid groups (broad SMARTS) is 1. The van der Waals surface area contributed by atoms with E-state index in [1.807, 2.05) is 69.3 Å². The second kappa shape index (κ2) is 13.1. The zero-order valence-electron chi connectivity index (χ0n) is 26.6.